The summed E-state index contributed by atoms with van der Waals surface area (Å²) in [5.41, 5.74) is 0.266. The van der Waals surface area contributed by atoms with Crippen molar-refractivity contribution in [3.63, 3.8) is 0 Å². The first-order valence-electron chi connectivity index (χ1n) is 6.47. The Morgan fingerprint density at radius 1 is 1.05 bits per heavy atom. The van der Waals surface area contributed by atoms with E-state index in [1.807, 2.05) is 0 Å². The largest absolute Gasteiger partial charge is 0.336 e. The van der Waals surface area contributed by atoms with Crippen molar-refractivity contribution in [1.82, 2.24) is 5.06 Å². The smallest absolute Gasteiger partial charge is 0.329 e. The molecule has 5 nitrogen and oxygen atoms in total. The zero-order chi connectivity index (χ0) is 15.1. The average Bonchev–Trinajstić information content (AvgIpc) is 2.93. The molecule has 1 heterocycles. The van der Waals surface area contributed by atoms with Gasteiger partial charge in [0.25, 0.3) is 11.8 Å². The van der Waals surface area contributed by atoms with Crippen LogP contribution in [0.2, 0.25) is 0 Å². The van der Waals surface area contributed by atoms with Crippen LogP contribution in [0.4, 0.5) is 8.78 Å². The predicted molar refractivity (Wildman–Crippen MR) is 65.6 cm³/mol. The van der Waals surface area contributed by atoms with E-state index in [1.54, 1.807) is 12.1 Å². The molecule has 1 aliphatic heterocycles. The highest BCUT2D eigenvalue weighted by molar-refractivity contribution is 6.20. The molecule has 3 rings (SSSR count). The molecule has 2 amide bonds. The Labute approximate surface area is 118 Å². The lowest BCUT2D eigenvalue weighted by atomic mass is 10.1. The molecule has 110 valence electrons. The molecule has 0 saturated heterocycles. The third-order valence-electron chi connectivity index (χ3n) is 3.68. The number of hydrogen-bond acceptors (Lipinski definition) is 4. The fourth-order valence-electron chi connectivity index (χ4n) is 2.54. The Hall–Kier alpha value is -2.31. The average molecular weight is 295 g/mol. The van der Waals surface area contributed by atoms with Crippen molar-refractivity contribution in [1.29, 1.82) is 0 Å². The minimum atomic E-state index is -1.72. The third kappa shape index (κ3) is 2.18. The highest BCUT2D eigenvalue weighted by atomic mass is 19.2. The van der Waals surface area contributed by atoms with Crippen molar-refractivity contribution >= 4 is 17.8 Å². The highest BCUT2D eigenvalue weighted by Gasteiger charge is 2.43. The van der Waals surface area contributed by atoms with Gasteiger partial charge in [0, 0.05) is 0 Å². The summed E-state index contributed by atoms with van der Waals surface area (Å²) in [7, 11) is 0. The van der Waals surface area contributed by atoms with Gasteiger partial charge >= 0.3 is 5.97 Å². The molecule has 2 aliphatic rings. The molecule has 1 aromatic carbocycles. The monoisotopic (exact) mass is 295 g/mol. The van der Waals surface area contributed by atoms with Gasteiger partial charge in [-0.2, -0.15) is 0 Å². The van der Waals surface area contributed by atoms with Crippen molar-refractivity contribution in [2.45, 2.75) is 25.2 Å². The number of nitrogens with zero attached hydrogens (tertiary/aromatic N) is 1. The van der Waals surface area contributed by atoms with Crippen LogP contribution in [0.3, 0.4) is 0 Å². The molecule has 2 atom stereocenters. The first-order valence-corrected chi connectivity index (χ1v) is 6.47. The summed E-state index contributed by atoms with van der Waals surface area (Å²) in [5, 5.41) is 0.353. The summed E-state index contributed by atoms with van der Waals surface area (Å²) in [6.45, 7) is 0. The number of halogens is 2. The second-order valence-corrected chi connectivity index (χ2v) is 5.06. The summed E-state index contributed by atoms with van der Waals surface area (Å²) in [5.74, 6) is -3.46. The van der Waals surface area contributed by atoms with Gasteiger partial charge < -0.3 is 4.84 Å². The molecule has 0 aromatic heterocycles. The van der Waals surface area contributed by atoms with Crippen molar-refractivity contribution in [2.24, 2.45) is 5.92 Å². The Morgan fingerprint density at radius 2 is 1.52 bits per heavy atom. The molecule has 0 radical (unpaired) electrons. The number of rotatable bonds is 2. The fraction of sp³-hybridized carbons (Fsp3) is 0.357. The van der Waals surface area contributed by atoms with Crippen molar-refractivity contribution in [3.05, 3.63) is 35.4 Å². The first kappa shape index (κ1) is 13.7. The molecule has 2 unspecified atom stereocenters. The Morgan fingerprint density at radius 3 is 2.00 bits per heavy atom. The second kappa shape index (κ2) is 4.91. The normalized spacial score (nSPS) is 27.9. The summed E-state index contributed by atoms with van der Waals surface area (Å²) in [6.07, 6.45) is -4.04. The highest BCUT2D eigenvalue weighted by Crippen LogP contribution is 2.32. The molecule has 0 N–H and O–H groups in total. The van der Waals surface area contributed by atoms with E-state index in [-0.39, 0.29) is 24.0 Å². The Balaban J connectivity index is 1.74. The summed E-state index contributed by atoms with van der Waals surface area (Å²) < 4.78 is 26.2. The van der Waals surface area contributed by atoms with Crippen LogP contribution in [0.5, 0.6) is 0 Å². The van der Waals surface area contributed by atoms with Crippen LogP contribution < -0.4 is 0 Å². The molecule has 1 saturated carbocycles. The van der Waals surface area contributed by atoms with Gasteiger partial charge in [-0.1, -0.05) is 17.2 Å². The minimum Gasteiger partial charge on any atom is -0.329 e. The van der Waals surface area contributed by atoms with E-state index < -0.39 is 36.0 Å². The third-order valence-corrected chi connectivity index (χ3v) is 3.68. The number of hydroxylamine groups is 2. The van der Waals surface area contributed by atoms with Gasteiger partial charge in [0.2, 0.25) is 0 Å². The van der Waals surface area contributed by atoms with Crippen LogP contribution >= 0.6 is 0 Å². The lowest BCUT2D eigenvalue weighted by Crippen LogP contribution is -2.34. The van der Waals surface area contributed by atoms with E-state index in [0.717, 1.165) is 0 Å². The maximum atomic E-state index is 13.1. The summed E-state index contributed by atoms with van der Waals surface area (Å²) in [6, 6.07) is 6.03. The van der Waals surface area contributed by atoms with E-state index in [0.29, 0.717) is 5.06 Å². The van der Waals surface area contributed by atoms with E-state index in [9.17, 15) is 23.2 Å². The Bertz CT molecular complexity index is 588. The fourth-order valence-corrected chi connectivity index (χ4v) is 2.54. The molecular weight excluding hydrogens is 284 g/mol. The number of benzene rings is 1. The predicted octanol–water partition coefficient (Wildman–Crippen LogP) is 1.83. The number of imide groups is 1. The molecule has 0 spiro atoms. The summed E-state index contributed by atoms with van der Waals surface area (Å²) in [4.78, 5) is 40.5. The zero-order valence-electron chi connectivity index (χ0n) is 10.8. The molecule has 21 heavy (non-hydrogen) atoms. The molecule has 1 aromatic rings. The molecular formula is C14H11F2NO4. The standard InChI is InChI=1S/C14H11F2NO4/c15-10-5-7(6-11(10)16)14(20)21-17-12(18)8-3-1-2-4-9(8)13(17)19/h1-4,7,10-11H,5-6H2. The van der Waals surface area contributed by atoms with Crippen molar-refractivity contribution < 1.29 is 28.0 Å². The van der Waals surface area contributed by atoms with Gasteiger partial charge in [-0.25, -0.2) is 13.6 Å². The van der Waals surface area contributed by atoms with Gasteiger partial charge in [-0.05, 0) is 25.0 Å². The van der Waals surface area contributed by atoms with Gasteiger partial charge in [0.05, 0.1) is 17.0 Å². The van der Waals surface area contributed by atoms with Crippen LogP contribution in [-0.2, 0) is 9.63 Å². The van der Waals surface area contributed by atoms with E-state index in [4.69, 9.17) is 4.84 Å². The van der Waals surface area contributed by atoms with Crippen LogP contribution in [0, 0.1) is 5.92 Å². The van der Waals surface area contributed by atoms with E-state index in [2.05, 4.69) is 0 Å². The quantitative estimate of drug-likeness (QED) is 0.781. The van der Waals surface area contributed by atoms with Crippen LogP contribution in [0.15, 0.2) is 24.3 Å². The SMILES string of the molecule is O=C(ON1C(=O)c2ccccc2C1=O)C1CC(F)C(F)C1. The second-order valence-electron chi connectivity index (χ2n) is 5.06. The van der Waals surface area contributed by atoms with Crippen LogP contribution in [-0.4, -0.2) is 35.2 Å². The molecule has 7 heteroatoms. The van der Waals surface area contributed by atoms with Crippen molar-refractivity contribution in [2.75, 3.05) is 0 Å². The number of alkyl halides is 2. The first-order chi connectivity index (χ1) is 9.99. The van der Waals surface area contributed by atoms with Crippen LogP contribution in [0.25, 0.3) is 0 Å². The van der Waals surface area contributed by atoms with Gasteiger partial charge in [-0.15, -0.1) is 0 Å². The van der Waals surface area contributed by atoms with E-state index in [1.165, 1.54) is 12.1 Å². The number of amides is 2. The maximum absolute atomic E-state index is 13.1. The van der Waals surface area contributed by atoms with Gasteiger partial charge in [-0.3, -0.25) is 9.59 Å². The zero-order valence-corrected chi connectivity index (χ0v) is 10.8. The molecule has 1 fully saturated rings. The number of carbonyl (C=O) groups excluding carboxylic acids is 3. The number of fused-ring (bicyclic) bond motifs is 1. The molecule has 0 bridgehead atoms. The number of carbonyl (C=O) groups is 3. The molecule has 1 aliphatic carbocycles. The lowest BCUT2D eigenvalue weighted by Gasteiger charge is -2.15. The summed E-state index contributed by atoms with van der Waals surface area (Å²) >= 11 is 0. The van der Waals surface area contributed by atoms with Crippen molar-refractivity contribution in [3.8, 4) is 0 Å². The van der Waals surface area contributed by atoms with E-state index >= 15 is 0 Å². The van der Waals surface area contributed by atoms with Gasteiger partial charge in [0.15, 0.2) is 0 Å². The lowest BCUT2D eigenvalue weighted by molar-refractivity contribution is -0.173. The van der Waals surface area contributed by atoms with Gasteiger partial charge in [0.1, 0.15) is 12.3 Å². The topological polar surface area (TPSA) is 63.7 Å². The van der Waals surface area contributed by atoms with Crippen LogP contribution in [0.1, 0.15) is 33.6 Å². The minimum absolute atomic E-state index is 0.133. The maximum Gasteiger partial charge on any atom is 0.336 e. The number of hydrogen-bond donors (Lipinski definition) is 0. The Kier molecular flexibility index (Phi) is 3.19.